The molecule has 3 rings (SSSR count). The van der Waals surface area contributed by atoms with Crippen LogP contribution in [0.1, 0.15) is 24.0 Å². The predicted octanol–water partition coefficient (Wildman–Crippen LogP) is 5.86. The van der Waals surface area contributed by atoms with Gasteiger partial charge in [0.1, 0.15) is 5.75 Å². The van der Waals surface area contributed by atoms with E-state index in [0.29, 0.717) is 5.56 Å². The van der Waals surface area contributed by atoms with Crippen molar-refractivity contribution >= 4 is 6.47 Å². The Labute approximate surface area is 156 Å². The van der Waals surface area contributed by atoms with E-state index in [1.165, 1.54) is 36.4 Å². The summed E-state index contributed by atoms with van der Waals surface area (Å²) in [6.07, 6.45) is -6.09. The molecule has 1 aliphatic carbocycles. The van der Waals surface area contributed by atoms with Crippen molar-refractivity contribution < 1.29 is 41.0 Å². The molecule has 0 heterocycles. The number of carboxylic acid groups (broad SMARTS) is 1. The number of alkyl halides is 5. The van der Waals surface area contributed by atoms with Crippen molar-refractivity contribution in [3.8, 4) is 11.5 Å². The summed E-state index contributed by atoms with van der Waals surface area (Å²) in [7, 11) is 0. The van der Waals surface area contributed by atoms with Gasteiger partial charge in [0.15, 0.2) is 11.6 Å². The summed E-state index contributed by atoms with van der Waals surface area (Å²) >= 11 is 0. The van der Waals surface area contributed by atoms with Crippen LogP contribution in [0.5, 0.6) is 11.5 Å². The molecule has 1 saturated carbocycles. The smallest absolute Gasteiger partial charge is 0.454 e. The van der Waals surface area contributed by atoms with Crippen LogP contribution < -0.4 is 4.74 Å². The molecule has 0 spiro atoms. The molecule has 0 aliphatic heterocycles. The van der Waals surface area contributed by atoms with E-state index in [1.807, 2.05) is 0 Å². The van der Waals surface area contributed by atoms with Crippen LogP contribution >= 0.6 is 0 Å². The molecule has 28 heavy (non-hydrogen) atoms. The van der Waals surface area contributed by atoms with E-state index in [9.17, 15) is 26.3 Å². The third-order valence-corrected chi connectivity index (χ3v) is 4.43. The highest BCUT2D eigenvalue weighted by Crippen LogP contribution is 2.63. The molecule has 1 N–H and O–H groups in total. The number of ether oxygens (including phenoxy) is 1. The summed E-state index contributed by atoms with van der Waals surface area (Å²) in [4.78, 5) is 8.36. The van der Waals surface area contributed by atoms with Crippen molar-refractivity contribution in [3.05, 3.63) is 59.4 Å². The van der Waals surface area contributed by atoms with Crippen LogP contribution in [0.4, 0.5) is 26.3 Å². The van der Waals surface area contributed by atoms with Gasteiger partial charge in [0.05, 0.1) is 5.41 Å². The first-order valence-electron chi connectivity index (χ1n) is 8.05. The van der Waals surface area contributed by atoms with Crippen LogP contribution in [-0.4, -0.2) is 23.7 Å². The predicted molar refractivity (Wildman–Crippen MR) is 88.3 cm³/mol. The lowest BCUT2D eigenvalue weighted by atomic mass is 9.88. The second-order valence-corrected chi connectivity index (χ2v) is 6.32. The van der Waals surface area contributed by atoms with Gasteiger partial charge in [-0.3, -0.25) is 4.79 Å². The Kier molecular flexibility index (Phi) is 5.96. The molecule has 3 nitrogen and oxygen atoms in total. The monoisotopic (exact) mass is 406 g/mol. The fraction of sp³-hybridized carbons (Fsp3) is 0.316. The molecule has 152 valence electrons. The molecule has 1 fully saturated rings. The zero-order chi connectivity index (χ0) is 21.2. The molecule has 0 saturated heterocycles. The van der Waals surface area contributed by atoms with E-state index in [0.717, 1.165) is 0 Å². The van der Waals surface area contributed by atoms with Gasteiger partial charge in [0, 0.05) is 0 Å². The van der Waals surface area contributed by atoms with Gasteiger partial charge in [-0.25, -0.2) is 4.39 Å². The van der Waals surface area contributed by atoms with Gasteiger partial charge in [0.25, 0.3) is 6.47 Å². The maximum Gasteiger partial charge on any atom is 0.454 e. The third kappa shape index (κ3) is 4.07. The second-order valence-electron chi connectivity index (χ2n) is 6.32. The minimum Gasteiger partial charge on any atom is -0.483 e. The lowest BCUT2D eigenvalue weighted by Gasteiger charge is -2.29. The topological polar surface area (TPSA) is 46.5 Å². The number of hydrogen-bond donors (Lipinski definition) is 1. The molecule has 0 atom stereocenters. The number of benzene rings is 2. The average molecular weight is 406 g/mol. The number of hydrogen-bond acceptors (Lipinski definition) is 2. The first-order chi connectivity index (χ1) is 13.0. The lowest BCUT2D eigenvalue weighted by molar-refractivity contribution is -0.296. The molecule has 2 aromatic carbocycles. The molecule has 0 amide bonds. The Bertz CT molecular complexity index is 827. The molecule has 0 radical (unpaired) electrons. The van der Waals surface area contributed by atoms with Gasteiger partial charge in [-0.1, -0.05) is 18.2 Å². The highest BCUT2D eigenvalue weighted by Gasteiger charge is 2.75. The summed E-state index contributed by atoms with van der Waals surface area (Å²) in [5.41, 5.74) is -1.63. The highest BCUT2D eigenvalue weighted by atomic mass is 19.4. The standard InChI is InChI=1S/C18H14F6O.CH2O2/c1-11-2-7-15(14(19)10-11)25-13-5-3-12(4-6-13)16(8-9-16)17(20,21)18(22,23)24;2-1-3/h2-7,10H,8-9H2,1H3;1H,(H,2,3). The Morgan fingerprint density at radius 1 is 1.04 bits per heavy atom. The van der Waals surface area contributed by atoms with Gasteiger partial charge < -0.3 is 9.84 Å². The number of rotatable bonds is 4. The van der Waals surface area contributed by atoms with E-state index >= 15 is 0 Å². The number of aryl methyl sites for hydroxylation is 1. The first kappa shape index (κ1) is 21.6. The van der Waals surface area contributed by atoms with Crippen molar-refractivity contribution in [2.24, 2.45) is 0 Å². The molecule has 9 heteroatoms. The molecule has 1 aliphatic rings. The van der Waals surface area contributed by atoms with Crippen LogP contribution in [0.15, 0.2) is 42.5 Å². The maximum atomic E-state index is 13.8. The zero-order valence-electron chi connectivity index (χ0n) is 14.6. The van der Waals surface area contributed by atoms with Gasteiger partial charge in [-0.15, -0.1) is 0 Å². The maximum absolute atomic E-state index is 13.8. The Balaban J connectivity index is 0.000000878. The van der Waals surface area contributed by atoms with Crippen LogP contribution in [0, 0.1) is 12.7 Å². The first-order valence-corrected chi connectivity index (χ1v) is 8.05. The van der Waals surface area contributed by atoms with Gasteiger partial charge in [-0.05, 0) is 55.2 Å². The quantitative estimate of drug-likeness (QED) is 0.511. The third-order valence-electron chi connectivity index (χ3n) is 4.43. The Hall–Kier alpha value is -2.71. The highest BCUT2D eigenvalue weighted by molar-refractivity contribution is 5.41. The van der Waals surface area contributed by atoms with Gasteiger partial charge in [0.2, 0.25) is 0 Å². The van der Waals surface area contributed by atoms with Gasteiger partial charge >= 0.3 is 12.1 Å². The zero-order valence-corrected chi connectivity index (χ0v) is 14.6. The summed E-state index contributed by atoms with van der Waals surface area (Å²) in [5, 5.41) is 6.89. The molecule has 0 bridgehead atoms. The normalized spacial score (nSPS) is 15.2. The Morgan fingerprint density at radius 2 is 1.57 bits per heavy atom. The van der Waals surface area contributed by atoms with Gasteiger partial charge in [-0.2, -0.15) is 22.0 Å². The fourth-order valence-corrected chi connectivity index (χ4v) is 2.84. The minimum atomic E-state index is -5.61. The van der Waals surface area contributed by atoms with E-state index < -0.39 is 23.3 Å². The van der Waals surface area contributed by atoms with Crippen LogP contribution in [0.3, 0.4) is 0 Å². The van der Waals surface area contributed by atoms with E-state index in [4.69, 9.17) is 14.6 Å². The Morgan fingerprint density at radius 3 is 2.00 bits per heavy atom. The second kappa shape index (κ2) is 7.73. The summed E-state index contributed by atoms with van der Waals surface area (Å²) in [5.74, 6) is -5.30. The van der Waals surface area contributed by atoms with Crippen LogP contribution in [-0.2, 0) is 10.2 Å². The molecule has 0 aromatic heterocycles. The fourth-order valence-electron chi connectivity index (χ4n) is 2.84. The lowest BCUT2D eigenvalue weighted by Crippen LogP contribution is -2.47. The number of halogens is 6. The van der Waals surface area contributed by atoms with E-state index in [1.54, 1.807) is 13.0 Å². The van der Waals surface area contributed by atoms with E-state index in [2.05, 4.69) is 0 Å². The minimum absolute atomic E-state index is 0.0555. The van der Waals surface area contributed by atoms with Crippen molar-refractivity contribution in [2.75, 3.05) is 0 Å². The van der Waals surface area contributed by atoms with Crippen LogP contribution in [0.25, 0.3) is 0 Å². The number of carbonyl (C=O) groups is 1. The van der Waals surface area contributed by atoms with Crippen molar-refractivity contribution in [2.45, 2.75) is 37.3 Å². The summed E-state index contributed by atoms with van der Waals surface area (Å²) in [6, 6.07) is 9.20. The van der Waals surface area contributed by atoms with Crippen molar-refractivity contribution in [3.63, 3.8) is 0 Å². The largest absolute Gasteiger partial charge is 0.483 e. The molecule has 2 aromatic rings. The molecular formula is C19H16F6O3. The van der Waals surface area contributed by atoms with Crippen LogP contribution in [0.2, 0.25) is 0 Å². The van der Waals surface area contributed by atoms with Crippen molar-refractivity contribution in [1.29, 1.82) is 0 Å². The SMILES string of the molecule is Cc1ccc(Oc2ccc(C3(C(F)(F)C(F)(F)F)CC3)cc2)c(F)c1.O=CO. The summed E-state index contributed by atoms with van der Waals surface area (Å²) < 4.78 is 84.7. The summed E-state index contributed by atoms with van der Waals surface area (Å²) in [6.45, 7) is 1.46. The molecular weight excluding hydrogens is 390 g/mol. The average Bonchev–Trinajstić information content (AvgIpc) is 3.40. The van der Waals surface area contributed by atoms with E-state index in [-0.39, 0.29) is 36.4 Å². The molecule has 0 unspecified atom stereocenters. The van der Waals surface area contributed by atoms with Crippen molar-refractivity contribution in [1.82, 2.24) is 0 Å².